The molecule has 0 bridgehead atoms. The molecule has 0 atom stereocenters. The van der Waals surface area contributed by atoms with Gasteiger partial charge in [0.1, 0.15) is 0 Å². The van der Waals surface area contributed by atoms with Crippen LogP contribution in [0, 0.1) is 10.1 Å². The molecule has 1 rings (SSSR count). The summed E-state index contributed by atoms with van der Waals surface area (Å²) in [7, 11) is 0. The lowest BCUT2D eigenvalue weighted by Crippen LogP contribution is -2.22. The lowest BCUT2D eigenvalue weighted by molar-refractivity contribution is -0.384. The maximum atomic E-state index is 10.8. The Balaban J connectivity index is 3.02. The summed E-state index contributed by atoms with van der Waals surface area (Å²) in [5.74, 6) is 0. The summed E-state index contributed by atoms with van der Waals surface area (Å²) in [6, 6.07) is 5.00. The van der Waals surface area contributed by atoms with Gasteiger partial charge in [0.2, 0.25) is 0 Å². The van der Waals surface area contributed by atoms with E-state index in [4.69, 9.17) is 0 Å². The van der Waals surface area contributed by atoms with Crippen molar-refractivity contribution in [1.29, 1.82) is 0 Å². The molecule has 1 aromatic rings. The molecule has 0 heterocycles. The average molecular weight is 251 g/mol. The fourth-order valence-electron chi connectivity index (χ4n) is 1.88. The van der Waals surface area contributed by atoms with E-state index in [1.165, 1.54) is 0 Å². The Bertz CT molecular complexity index is 403. The predicted octanol–water partition coefficient (Wildman–Crippen LogP) is 2.87. The molecule has 0 unspecified atom stereocenters. The van der Waals surface area contributed by atoms with Crippen molar-refractivity contribution in [3.05, 3.63) is 33.9 Å². The van der Waals surface area contributed by atoms with E-state index < -0.39 is 0 Å². The Hall–Kier alpha value is -1.62. The van der Waals surface area contributed by atoms with Gasteiger partial charge in [-0.3, -0.25) is 15.0 Å². The summed E-state index contributed by atoms with van der Waals surface area (Å²) in [6.45, 7) is 9.61. The molecule has 0 saturated carbocycles. The highest BCUT2D eigenvalue weighted by Crippen LogP contribution is 2.23. The zero-order valence-corrected chi connectivity index (χ0v) is 11.3. The number of nitro benzene ring substituents is 1. The number of hydrogen-bond donors (Lipinski definition) is 1. The first-order chi connectivity index (χ1) is 8.62. The van der Waals surface area contributed by atoms with Crippen molar-refractivity contribution in [1.82, 2.24) is 4.90 Å². The van der Waals surface area contributed by atoms with Crippen LogP contribution in [0.25, 0.3) is 0 Å². The zero-order valence-electron chi connectivity index (χ0n) is 11.3. The molecule has 0 aromatic heterocycles. The summed E-state index contributed by atoms with van der Waals surface area (Å²) in [5.41, 5.74) is 2.11. The van der Waals surface area contributed by atoms with E-state index in [2.05, 4.69) is 24.1 Å². The minimum Gasteiger partial charge on any atom is -0.385 e. The van der Waals surface area contributed by atoms with Crippen molar-refractivity contribution in [2.24, 2.45) is 0 Å². The lowest BCUT2D eigenvalue weighted by Gasteiger charge is -2.20. The molecule has 1 N–H and O–H groups in total. The largest absolute Gasteiger partial charge is 0.385 e. The Kier molecular flexibility index (Phi) is 5.58. The lowest BCUT2D eigenvalue weighted by atomic mass is 10.1. The van der Waals surface area contributed by atoms with Gasteiger partial charge in [0, 0.05) is 30.9 Å². The summed E-state index contributed by atoms with van der Waals surface area (Å²) in [5, 5.41) is 14.1. The van der Waals surface area contributed by atoms with Crippen molar-refractivity contribution < 1.29 is 4.92 Å². The minimum atomic E-state index is -0.346. The van der Waals surface area contributed by atoms with Crippen molar-refractivity contribution in [2.75, 3.05) is 25.0 Å². The molecular weight excluding hydrogens is 230 g/mol. The topological polar surface area (TPSA) is 58.4 Å². The molecule has 5 heteroatoms. The third-order valence-corrected chi connectivity index (χ3v) is 2.96. The molecular formula is C13H21N3O2. The number of rotatable bonds is 7. The van der Waals surface area contributed by atoms with Crippen LogP contribution in [-0.2, 0) is 6.54 Å². The predicted molar refractivity (Wildman–Crippen MR) is 73.9 cm³/mol. The van der Waals surface area contributed by atoms with Crippen LogP contribution in [0.5, 0.6) is 0 Å². The van der Waals surface area contributed by atoms with E-state index in [1.807, 2.05) is 6.92 Å². The number of hydrogen-bond acceptors (Lipinski definition) is 4. The van der Waals surface area contributed by atoms with Crippen molar-refractivity contribution in [2.45, 2.75) is 27.3 Å². The number of benzene rings is 1. The maximum absolute atomic E-state index is 10.8. The molecule has 0 fully saturated rings. The van der Waals surface area contributed by atoms with Gasteiger partial charge in [-0.05, 0) is 31.6 Å². The van der Waals surface area contributed by atoms with Crippen LogP contribution in [0.3, 0.4) is 0 Å². The van der Waals surface area contributed by atoms with Crippen LogP contribution >= 0.6 is 0 Å². The molecule has 1 aromatic carbocycles. The first-order valence-corrected chi connectivity index (χ1v) is 6.35. The van der Waals surface area contributed by atoms with Gasteiger partial charge in [-0.2, -0.15) is 0 Å². The molecule has 18 heavy (non-hydrogen) atoms. The SMILES string of the molecule is CCNc1ccc([N+](=O)[O-])cc1CN(CC)CC. The number of nitro groups is 1. The number of nitrogens with zero attached hydrogens (tertiary/aromatic N) is 2. The fraction of sp³-hybridized carbons (Fsp3) is 0.538. The van der Waals surface area contributed by atoms with Gasteiger partial charge in [0.25, 0.3) is 5.69 Å². The van der Waals surface area contributed by atoms with Crippen LogP contribution in [0.1, 0.15) is 26.3 Å². The van der Waals surface area contributed by atoms with E-state index in [-0.39, 0.29) is 10.6 Å². The van der Waals surface area contributed by atoms with E-state index in [1.54, 1.807) is 18.2 Å². The van der Waals surface area contributed by atoms with Crippen LogP contribution in [0.4, 0.5) is 11.4 Å². The monoisotopic (exact) mass is 251 g/mol. The molecule has 0 aliphatic carbocycles. The Labute approximate surface area is 108 Å². The zero-order chi connectivity index (χ0) is 13.5. The van der Waals surface area contributed by atoms with Gasteiger partial charge in [-0.25, -0.2) is 0 Å². The second kappa shape index (κ2) is 6.96. The highest BCUT2D eigenvalue weighted by atomic mass is 16.6. The van der Waals surface area contributed by atoms with Crippen LogP contribution in [0.2, 0.25) is 0 Å². The number of nitrogens with one attached hydrogen (secondary N) is 1. The van der Waals surface area contributed by atoms with Gasteiger partial charge in [0.15, 0.2) is 0 Å². The van der Waals surface area contributed by atoms with Gasteiger partial charge in [-0.1, -0.05) is 13.8 Å². The molecule has 0 radical (unpaired) electrons. The second-order valence-corrected chi connectivity index (χ2v) is 4.09. The third kappa shape index (κ3) is 3.70. The Morgan fingerprint density at radius 2 is 1.94 bits per heavy atom. The molecule has 0 aliphatic heterocycles. The molecule has 0 aliphatic rings. The third-order valence-electron chi connectivity index (χ3n) is 2.96. The van der Waals surface area contributed by atoms with Gasteiger partial charge in [0.05, 0.1) is 4.92 Å². The molecule has 0 saturated heterocycles. The number of non-ortho nitro benzene ring substituents is 1. The smallest absolute Gasteiger partial charge is 0.269 e. The van der Waals surface area contributed by atoms with Gasteiger partial charge in [-0.15, -0.1) is 0 Å². The standard InChI is InChI=1S/C13H21N3O2/c1-4-14-13-8-7-12(16(17)18)9-11(13)10-15(5-2)6-3/h7-9,14H,4-6,10H2,1-3H3. The molecule has 5 nitrogen and oxygen atoms in total. The highest BCUT2D eigenvalue weighted by molar-refractivity contribution is 5.56. The maximum Gasteiger partial charge on any atom is 0.269 e. The fourth-order valence-corrected chi connectivity index (χ4v) is 1.88. The summed E-state index contributed by atoms with van der Waals surface area (Å²) in [4.78, 5) is 12.7. The van der Waals surface area contributed by atoms with Crippen molar-refractivity contribution >= 4 is 11.4 Å². The first kappa shape index (κ1) is 14.4. The highest BCUT2D eigenvalue weighted by Gasteiger charge is 2.12. The molecule has 0 amide bonds. The van der Waals surface area contributed by atoms with E-state index in [0.29, 0.717) is 0 Å². The normalized spacial score (nSPS) is 10.7. The van der Waals surface area contributed by atoms with Crippen molar-refractivity contribution in [3.8, 4) is 0 Å². The van der Waals surface area contributed by atoms with Crippen molar-refractivity contribution in [3.63, 3.8) is 0 Å². The minimum absolute atomic E-state index is 0.152. The average Bonchev–Trinajstić information content (AvgIpc) is 2.37. The quantitative estimate of drug-likeness (QED) is 0.598. The Morgan fingerprint density at radius 1 is 1.28 bits per heavy atom. The second-order valence-electron chi connectivity index (χ2n) is 4.09. The summed E-state index contributed by atoms with van der Waals surface area (Å²) < 4.78 is 0. The number of anilines is 1. The van der Waals surface area contributed by atoms with Gasteiger partial charge < -0.3 is 5.32 Å². The first-order valence-electron chi connectivity index (χ1n) is 6.35. The van der Waals surface area contributed by atoms with E-state index in [9.17, 15) is 10.1 Å². The van der Waals surface area contributed by atoms with Crippen LogP contribution < -0.4 is 5.32 Å². The van der Waals surface area contributed by atoms with E-state index in [0.717, 1.165) is 37.4 Å². The molecule has 100 valence electrons. The Morgan fingerprint density at radius 3 is 2.44 bits per heavy atom. The van der Waals surface area contributed by atoms with Crippen LogP contribution in [-0.4, -0.2) is 29.5 Å². The van der Waals surface area contributed by atoms with Crippen LogP contribution in [0.15, 0.2) is 18.2 Å². The summed E-state index contributed by atoms with van der Waals surface area (Å²) >= 11 is 0. The summed E-state index contributed by atoms with van der Waals surface area (Å²) in [6.07, 6.45) is 0. The van der Waals surface area contributed by atoms with Gasteiger partial charge >= 0.3 is 0 Å². The molecule has 0 spiro atoms. The van der Waals surface area contributed by atoms with E-state index >= 15 is 0 Å².